The molecule has 0 radical (unpaired) electrons. The van der Waals surface area contributed by atoms with Crippen LogP contribution in [0.5, 0.6) is 5.75 Å². The highest BCUT2D eigenvalue weighted by Gasteiger charge is 2.45. The van der Waals surface area contributed by atoms with E-state index in [1.54, 1.807) is 54.6 Å². The van der Waals surface area contributed by atoms with Crippen LogP contribution in [-0.2, 0) is 14.3 Å². The number of methoxy groups -OCH3 is 1. The number of hydrogen-bond acceptors (Lipinski definition) is 5. The largest absolute Gasteiger partial charge is 0.507 e. The fourth-order valence-electron chi connectivity index (χ4n) is 3.30. The monoisotopic (exact) mass is 393 g/mol. The molecule has 6 heteroatoms. The second-order valence-electron chi connectivity index (χ2n) is 6.52. The lowest BCUT2D eigenvalue weighted by molar-refractivity contribution is -0.140. The van der Waals surface area contributed by atoms with Gasteiger partial charge in [-0.3, -0.25) is 9.59 Å². The number of rotatable bonds is 8. The van der Waals surface area contributed by atoms with Gasteiger partial charge in [-0.2, -0.15) is 0 Å². The van der Waals surface area contributed by atoms with Crippen LogP contribution in [0.2, 0.25) is 0 Å². The Bertz CT molecular complexity index is 918. The first kappa shape index (κ1) is 20.4. The second-order valence-corrected chi connectivity index (χ2v) is 6.52. The normalized spacial score (nSPS) is 18.1. The van der Waals surface area contributed by atoms with Crippen molar-refractivity contribution in [3.8, 4) is 5.75 Å². The highest BCUT2D eigenvalue weighted by Crippen LogP contribution is 2.39. The Morgan fingerprint density at radius 2 is 1.83 bits per heavy atom. The van der Waals surface area contributed by atoms with Crippen LogP contribution >= 0.6 is 0 Å². The first-order chi connectivity index (χ1) is 14.1. The summed E-state index contributed by atoms with van der Waals surface area (Å²) < 4.78 is 10.6. The van der Waals surface area contributed by atoms with Crippen molar-refractivity contribution in [3.05, 3.63) is 84.0 Å². The smallest absolute Gasteiger partial charge is 0.295 e. The standard InChI is InChI=1S/C23H23NO5/c1-3-14-29-18-11-9-16(10-12-18)20-19(21(25)17-7-5-4-6-8-17)22(26)23(27)24(20)13-15-28-2/h3-12,20,25H,1,13-15H2,2H3. The highest BCUT2D eigenvalue weighted by atomic mass is 16.5. The molecule has 1 unspecified atom stereocenters. The molecule has 0 bridgehead atoms. The van der Waals surface area contributed by atoms with E-state index in [9.17, 15) is 14.7 Å². The van der Waals surface area contributed by atoms with Crippen LogP contribution in [0.25, 0.3) is 5.76 Å². The topological polar surface area (TPSA) is 76.1 Å². The lowest BCUT2D eigenvalue weighted by Crippen LogP contribution is -2.32. The second kappa shape index (κ2) is 9.21. The summed E-state index contributed by atoms with van der Waals surface area (Å²) in [5, 5.41) is 10.9. The minimum Gasteiger partial charge on any atom is -0.507 e. The molecule has 0 aliphatic carbocycles. The molecule has 0 saturated carbocycles. The van der Waals surface area contributed by atoms with Crippen molar-refractivity contribution in [2.24, 2.45) is 0 Å². The van der Waals surface area contributed by atoms with Gasteiger partial charge in [0, 0.05) is 19.2 Å². The number of amides is 1. The molecule has 6 nitrogen and oxygen atoms in total. The first-order valence-electron chi connectivity index (χ1n) is 9.25. The Balaban J connectivity index is 2.06. The zero-order valence-electron chi connectivity index (χ0n) is 16.2. The van der Waals surface area contributed by atoms with Crippen LogP contribution < -0.4 is 4.74 Å². The summed E-state index contributed by atoms with van der Waals surface area (Å²) in [6.07, 6.45) is 1.65. The molecular weight excluding hydrogens is 370 g/mol. The summed E-state index contributed by atoms with van der Waals surface area (Å²) in [6.45, 7) is 4.49. The minimum absolute atomic E-state index is 0.0667. The third-order valence-electron chi connectivity index (χ3n) is 4.69. The van der Waals surface area contributed by atoms with Crippen LogP contribution in [0.3, 0.4) is 0 Å². The molecule has 0 aromatic heterocycles. The molecule has 1 aliphatic rings. The van der Waals surface area contributed by atoms with Crippen LogP contribution in [0.4, 0.5) is 0 Å². The Morgan fingerprint density at radius 1 is 1.14 bits per heavy atom. The summed E-state index contributed by atoms with van der Waals surface area (Å²) in [4.78, 5) is 26.9. The van der Waals surface area contributed by atoms with Gasteiger partial charge < -0.3 is 19.5 Å². The maximum atomic E-state index is 12.8. The van der Waals surface area contributed by atoms with Crippen molar-refractivity contribution >= 4 is 17.4 Å². The van der Waals surface area contributed by atoms with E-state index in [1.165, 1.54) is 12.0 Å². The predicted octanol–water partition coefficient (Wildman–Crippen LogP) is 3.32. The van der Waals surface area contributed by atoms with Crippen molar-refractivity contribution in [1.82, 2.24) is 4.90 Å². The Kier molecular flexibility index (Phi) is 6.46. The molecule has 1 amide bonds. The SMILES string of the molecule is C=CCOc1ccc(C2C(=C(O)c3ccccc3)C(=O)C(=O)N2CCOC)cc1. The molecule has 1 fully saturated rings. The average Bonchev–Trinajstić information content (AvgIpc) is 3.01. The fraction of sp³-hybridized carbons (Fsp3) is 0.217. The lowest BCUT2D eigenvalue weighted by Gasteiger charge is -2.25. The predicted molar refractivity (Wildman–Crippen MR) is 109 cm³/mol. The van der Waals surface area contributed by atoms with E-state index in [0.717, 1.165) is 0 Å². The van der Waals surface area contributed by atoms with E-state index >= 15 is 0 Å². The molecule has 2 aromatic carbocycles. The van der Waals surface area contributed by atoms with Crippen molar-refractivity contribution in [2.75, 3.05) is 26.9 Å². The number of carbonyl (C=O) groups is 2. The number of aliphatic hydroxyl groups is 1. The molecule has 1 atom stereocenters. The number of hydrogen-bond donors (Lipinski definition) is 1. The molecule has 3 rings (SSSR count). The summed E-state index contributed by atoms with van der Waals surface area (Å²) in [6, 6.07) is 15.1. The maximum Gasteiger partial charge on any atom is 0.295 e. The summed E-state index contributed by atoms with van der Waals surface area (Å²) >= 11 is 0. The maximum absolute atomic E-state index is 12.8. The number of benzene rings is 2. The third-order valence-corrected chi connectivity index (χ3v) is 4.69. The first-order valence-corrected chi connectivity index (χ1v) is 9.25. The van der Waals surface area contributed by atoms with E-state index in [-0.39, 0.29) is 24.5 Å². The zero-order valence-corrected chi connectivity index (χ0v) is 16.2. The van der Waals surface area contributed by atoms with Crippen LogP contribution in [0.1, 0.15) is 17.2 Å². The van der Waals surface area contributed by atoms with Gasteiger partial charge in [0.05, 0.1) is 18.2 Å². The molecule has 0 spiro atoms. The van der Waals surface area contributed by atoms with Crippen molar-refractivity contribution in [1.29, 1.82) is 0 Å². The fourth-order valence-corrected chi connectivity index (χ4v) is 3.30. The summed E-state index contributed by atoms with van der Waals surface area (Å²) in [7, 11) is 1.53. The Labute approximate surface area is 169 Å². The van der Waals surface area contributed by atoms with Gasteiger partial charge in [0.2, 0.25) is 0 Å². The highest BCUT2D eigenvalue weighted by molar-refractivity contribution is 6.46. The van der Waals surface area contributed by atoms with Gasteiger partial charge in [-0.25, -0.2) is 0 Å². The van der Waals surface area contributed by atoms with Crippen molar-refractivity contribution < 1.29 is 24.2 Å². The van der Waals surface area contributed by atoms with E-state index in [4.69, 9.17) is 9.47 Å². The zero-order chi connectivity index (χ0) is 20.8. The lowest BCUT2D eigenvalue weighted by atomic mass is 9.95. The molecule has 1 aliphatic heterocycles. The van der Waals surface area contributed by atoms with E-state index in [2.05, 4.69) is 6.58 Å². The number of nitrogens with zero attached hydrogens (tertiary/aromatic N) is 1. The molecule has 1 saturated heterocycles. The number of Topliss-reactive ketones (excluding diaryl/α,β-unsaturated/α-hetero) is 1. The van der Waals surface area contributed by atoms with Crippen LogP contribution in [0.15, 0.2) is 72.8 Å². The minimum atomic E-state index is -0.709. The van der Waals surface area contributed by atoms with Crippen LogP contribution in [-0.4, -0.2) is 48.6 Å². The average molecular weight is 393 g/mol. The molecule has 2 aromatic rings. The number of aliphatic hydroxyl groups excluding tert-OH is 1. The van der Waals surface area contributed by atoms with Crippen LogP contribution in [0, 0.1) is 0 Å². The van der Waals surface area contributed by atoms with E-state index in [1.807, 2.05) is 6.07 Å². The van der Waals surface area contributed by atoms with Gasteiger partial charge >= 0.3 is 0 Å². The van der Waals surface area contributed by atoms with Gasteiger partial charge in [-0.15, -0.1) is 0 Å². The summed E-state index contributed by atoms with van der Waals surface area (Å²) in [5.41, 5.74) is 1.24. The summed E-state index contributed by atoms with van der Waals surface area (Å²) in [5.74, 6) is -0.914. The Hall–Kier alpha value is -3.38. The number of carbonyl (C=O) groups excluding carboxylic acids is 2. The van der Waals surface area contributed by atoms with Crippen molar-refractivity contribution in [3.63, 3.8) is 0 Å². The van der Waals surface area contributed by atoms with Gasteiger partial charge in [0.1, 0.15) is 18.1 Å². The number of ether oxygens (including phenoxy) is 2. The molecule has 150 valence electrons. The number of likely N-dealkylation sites (tertiary alicyclic amines) is 1. The molecule has 1 N–H and O–H groups in total. The molecule has 29 heavy (non-hydrogen) atoms. The van der Waals surface area contributed by atoms with Gasteiger partial charge in [0.15, 0.2) is 0 Å². The molecular formula is C23H23NO5. The van der Waals surface area contributed by atoms with E-state index < -0.39 is 17.7 Å². The van der Waals surface area contributed by atoms with Gasteiger partial charge in [0.25, 0.3) is 11.7 Å². The third kappa shape index (κ3) is 4.22. The van der Waals surface area contributed by atoms with E-state index in [0.29, 0.717) is 23.5 Å². The quantitative estimate of drug-likeness (QED) is 0.322. The Morgan fingerprint density at radius 3 is 2.45 bits per heavy atom. The van der Waals surface area contributed by atoms with Crippen molar-refractivity contribution in [2.45, 2.75) is 6.04 Å². The van der Waals surface area contributed by atoms with Gasteiger partial charge in [-0.05, 0) is 17.7 Å². The number of ketones is 1. The van der Waals surface area contributed by atoms with Gasteiger partial charge in [-0.1, -0.05) is 55.1 Å². The molecule has 1 heterocycles.